The van der Waals surface area contributed by atoms with E-state index in [1.54, 1.807) is 11.3 Å². The van der Waals surface area contributed by atoms with Crippen molar-refractivity contribution in [3.05, 3.63) is 157 Å². The molecule has 10 rings (SSSR count). The summed E-state index contributed by atoms with van der Waals surface area (Å²) in [6.45, 7) is 4.62. The summed E-state index contributed by atoms with van der Waals surface area (Å²) in [5.74, 6) is 2.05. The molecule has 232 valence electrons. The monoisotopic (exact) mass is 646 g/mol. The second-order valence-corrected chi connectivity index (χ2v) is 14.4. The molecule has 6 aromatic carbocycles. The van der Waals surface area contributed by atoms with Gasteiger partial charge in [-0.25, -0.2) is 15.0 Å². The Balaban J connectivity index is 1.23. The first-order valence-electron chi connectivity index (χ1n) is 16.6. The molecule has 3 aromatic heterocycles. The minimum Gasteiger partial charge on any atom is -0.309 e. The van der Waals surface area contributed by atoms with Crippen LogP contribution < -0.4 is 0 Å². The van der Waals surface area contributed by atoms with Gasteiger partial charge in [-0.15, -0.1) is 11.3 Å². The zero-order valence-corrected chi connectivity index (χ0v) is 27.9. The third-order valence-electron chi connectivity index (χ3n) is 10.1. The quantitative estimate of drug-likeness (QED) is 0.191. The standard InChI is InChI=1S/C44H30N4S/c1-44(2)34-19-9-7-17-31(34)40-32(18-12-20-35(40)44)42-45-41(46-43(47-42)39-26-27-13-6-11-22-38(27)49-39)28-23-24-37-33(25-28)30-16-8-10-21-36(30)48(37)29-14-4-3-5-15-29/h3-26H,1-2H3. The number of para-hydroxylation sites is 2. The molecule has 1 aliphatic rings. The summed E-state index contributed by atoms with van der Waals surface area (Å²) < 4.78 is 3.55. The van der Waals surface area contributed by atoms with E-state index in [9.17, 15) is 0 Å². The number of benzene rings is 6. The molecule has 1 aliphatic carbocycles. The van der Waals surface area contributed by atoms with Gasteiger partial charge in [-0.3, -0.25) is 0 Å². The summed E-state index contributed by atoms with van der Waals surface area (Å²) in [7, 11) is 0. The summed E-state index contributed by atoms with van der Waals surface area (Å²) in [5, 5.41) is 3.55. The highest BCUT2D eigenvalue weighted by molar-refractivity contribution is 7.22. The Morgan fingerprint density at radius 3 is 2.12 bits per heavy atom. The zero-order valence-electron chi connectivity index (χ0n) is 27.1. The van der Waals surface area contributed by atoms with Gasteiger partial charge in [-0.05, 0) is 76.2 Å². The van der Waals surface area contributed by atoms with Crippen molar-refractivity contribution < 1.29 is 0 Å². The van der Waals surface area contributed by atoms with E-state index in [2.05, 4.69) is 164 Å². The molecule has 0 saturated carbocycles. The number of aromatic nitrogens is 4. The zero-order chi connectivity index (χ0) is 32.7. The van der Waals surface area contributed by atoms with Crippen LogP contribution in [0.3, 0.4) is 0 Å². The molecule has 0 atom stereocenters. The molecule has 0 spiro atoms. The Labute approximate surface area is 288 Å². The summed E-state index contributed by atoms with van der Waals surface area (Å²) in [6.07, 6.45) is 0. The van der Waals surface area contributed by atoms with Crippen molar-refractivity contribution in [2.24, 2.45) is 0 Å². The average molecular weight is 647 g/mol. The van der Waals surface area contributed by atoms with E-state index in [0.717, 1.165) is 27.2 Å². The first-order chi connectivity index (χ1) is 24.0. The largest absolute Gasteiger partial charge is 0.309 e. The van der Waals surface area contributed by atoms with Gasteiger partial charge in [0, 0.05) is 37.7 Å². The van der Waals surface area contributed by atoms with Gasteiger partial charge in [-0.1, -0.05) is 111 Å². The molecule has 0 aliphatic heterocycles. The van der Waals surface area contributed by atoms with E-state index in [0.29, 0.717) is 17.5 Å². The topological polar surface area (TPSA) is 43.6 Å². The normalized spacial score (nSPS) is 13.3. The fraction of sp³-hybridized carbons (Fsp3) is 0.0682. The van der Waals surface area contributed by atoms with Crippen molar-refractivity contribution in [1.29, 1.82) is 0 Å². The Bertz CT molecular complexity index is 2720. The number of hydrogen-bond donors (Lipinski definition) is 0. The molecule has 9 aromatic rings. The number of thiophene rings is 1. The minimum absolute atomic E-state index is 0.121. The maximum absolute atomic E-state index is 5.28. The van der Waals surface area contributed by atoms with Gasteiger partial charge in [0.25, 0.3) is 0 Å². The molecule has 0 amide bonds. The number of nitrogens with zero attached hydrogens (tertiary/aromatic N) is 4. The van der Waals surface area contributed by atoms with Gasteiger partial charge in [0.05, 0.1) is 15.9 Å². The van der Waals surface area contributed by atoms with Crippen molar-refractivity contribution in [1.82, 2.24) is 19.5 Å². The highest BCUT2D eigenvalue weighted by Crippen LogP contribution is 2.51. The van der Waals surface area contributed by atoms with E-state index in [4.69, 9.17) is 15.0 Å². The number of hydrogen-bond acceptors (Lipinski definition) is 4. The van der Waals surface area contributed by atoms with Crippen LogP contribution in [0, 0.1) is 0 Å². The number of rotatable bonds is 4. The van der Waals surface area contributed by atoms with E-state index in [-0.39, 0.29) is 5.41 Å². The van der Waals surface area contributed by atoms with Crippen LogP contribution in [0.15, 0.2) is 146 Å². The maximum Gasteiger partial charge on any atom is 0.174 e. The SMILES string of the molecule is CC1(C)c2ccccc2-c2c(-c3nc(-c4ccc5c(c4)c4ccccc4n5-c4ccccc4)nc(-c4cc5ccccc5s4)n3)cccc21. The summed E-state index contributed by atoms with van der Waals surface area (Å²) in [5.41, 5.74) is 10.4. The molecule has 0 fully saturated rings. The Morgan fingerprint density at radius 2 is 1.22 bits per heavy atom. The lowest BCUT2D eigenvalue weighted by Gasteiger charge is -2.21. The highest BCUT2D eigenvalue weighted by Gasteiger charge is 2.37. The van der Waals surface area contributed by atoms with Gasteiger partial charge < -0.3 is 4.57 Å². The highest BCUT2D eigenvalue weighted by atomic mass is 32.1. The van der Waals surface area contributed by atoms with E-state index in [1.165, 1.54) is 48.6 Å². The molecular weight excluding hydrogens is 617 g/mol. The summed E-state index contributed by atoms with van der Waals surface area (Å²) in [4.78, 5) is 16.7. The van der Waals surface area contributed by atoms with Gasteiger partial charge in [0.1, 0.15) is 0 Å². The molecule has 4 nitrogen and oxygen atoms in total. The molecule has 0 N–H and O–H groups in total. The van der Waals surface area contributed by atoms with Gasteiger partial charge >= 0.3 is 0 Å². The lowest BCUT2D eigenvalue weighted by Crippen LogP contribution is -2.14. The molecule has 0 saturated heterocycles. The van der Waals surface area contributed by atoms with E-state index < -0.39 is 0 Å². The molecule has 0 radical (unpaired) electrons. The van der Waals surface area contributed by atoms with Crippen LogP contribution in [0.2, 0.25) is 0 Å². The van der Waals surface area contributed by atoms with Crippen molar-refractivity contribution in [3.8, 4) is 50.3 Å². The van der Waals surface area contributed by atoms with E-state index in [1.807, 2.05) is 0 Å². The molecule has 5 heteroatoms. The molecule has 0 bridgehead atoms. The summed E-state index contributed by atoms with van der Waals surface area (Å²) >= 11 is 1.72. The number of fused-ring (bicyclic) bond motifs is 7. The van der Waals surface area contributed by atoms with Crippen LogP contribution in [0.5, 0.6) is 0 Å². The fourth-order valence-corrected chi connectivity index (χ4v) is 8.73. The van der Waals surface area contributed by atoms with Crippen molar-refractivity contribution in [2.45, 2.75) is 19.3 Å². The average Bonchev–Trinajstić information content (AvgIpc) is 3.80. The smallest absolute Gasteiger partial charge is 0.174 e. The Kier molecular flexibility index (Phi) is 6.05. The van der Waals surface area contributed by atoms with Crippen LogP contribution in [-0.4, -0.2) is 19.5 Å². The van der Waals surface area contributed by atoms with Gasteiger partial charge in [0.15, 0.2) is 17.5 Å². The fourth-order valence-electron chi connectivity index (χ4n) is 7.74. The molecular formula is C44H30N4S. The molecule has 0 unspecified atom stereocenters. The first-order valence-corrected chi connectivity index (χ1v) is 17.4. The predicted octanol–water partition coefficient (Wildman–Crippen LogP) is 11.5. The third-order valence-corrected chi connectivity index (χ3v) is 11.2. The van der Waals surface area contributed by atoms with Crippen LogP contribution in [-0.2, 0) is 5.41 Å². The van der Waals surface area contributed by atoms with Crippen LogP contribution in [0.4, 0.5) is 0 Å². The Morgan fingerprint density at radius 1 is 0.531 bits per heavy atom. The second-order valence-electron chi connectivity index (χ2n) is 13.3. The molecule has 3 heterocycles. The lowest BCUT2D eigenvalue weighted by atomic mass is 9.82. The van der Waals surface area contributed by atoms with Crippen LogP contribution in [0.25, 0.3) is 82.2 Å². The van der Waals surface area contributed by atoms with Crippen molar-refractivity contribution in [3.63, 3.8) is 0 Å². The van der Waals surface area contributed by atoms with Gasteiger partial charge in [0.2, 0.25) is 0 Å². The minimum atomic E-state index is -0.121. The van der Waals surface area contributed by atoms with Gasteiger partial charge in [-0.2, -0.15) is 0 Å². The van der Waals surface area contributed by atoms with Crippen molar-refractivity contribution in [2.75, 3.05) is 0 Å². The molecule has 49 heavy (non-hydrogen) atoms. The third kappa shape index (κ3) is 4.25. The first kappa shape index (κ1) is 28.1. The Hall–Kier alpha value is -5.91. The predicted molar refractivity (Wildman–Crippen MR) is 203 cm³/mol. The van der Waals surface area contributed by atoms with Crippen LogP contribution >= 0.6 is 11.3 Å². The van der Waals surface area contributed by atoms with Crippen molar-refractivity contribution >= 4 is 43.2 Å². The lowest BCUT2D eigenvalue weighted by molar-refractivity contribution is 0.660. The van der Waals surface area contributed by atoms with E-state index >= 15 is 0 Å². The maximum atomic E-state index is 5.28. The van der Waals surface area contributed by atoms with Crippen LogP contribution in [0.1, 0.15) is 25.0 Å². The summed E-state index contributed by atoms with van der Waals surface area (Å²) in [6, 6.07) is 51.8. The second kappa shape index (κ2) is 10.5.